The summed E-state index contributed by atoms with van der Waals surface area (Å²) in [7, 11) is 0. The fourth-order valence-electron chi connectivity index (χ4n) is 12.1. The van der Waals surface area contributed by atoms with Gasteiger partial charge in [0, 0.05) is 19.4 Å². The molecule has 0 radical (unpaired) electrons. The van der Waals surface area contributed by atoms with Crippen molar-refractivity contribution in [3.05, 3.63) is 47.7 Å². The number of likely N-dealkylation sites (tertiary alicyclic amines) is 1. The summed E-state index contributed by atoms with van der Waals surface area (Å²) in [6.45, 7) is 31.8. The van der Waals surface area contributed by atoms with E-state index in [1.165, 1.54) is 31.7 Å². The molecular formula is C75H124N14O16. The Morgan fingerprint density at radius 1 is 0.610 bits per heavy atom. The van der Waals surface area contributed by atoms with Crippen LogP contribution < -0.4 is 69.5 Å². The van der Waals surface area contributed by atoms with Crippen molar-refractivity contribution in [1.29, 1.82) is 0 Å². The van der Waals surface area contributed by atoms with Gasteiger partial charge in [-0.05, 0) is 112 Å². The lowest BCUT2D eigenvalue weighted by atomic mass is 9.95. The topological polar surface area (TPSA) is 442 Å². The fourth-order valence-corrected chi connectivity index (χ4v) is 12.1. The standard InChI is InChI=1S/C75H124N14O16/c1-20-44(16)59(71(100)88-62-47(19)105-75(104)58(43(14)15)84-63(92)49(22-3)77-65(94)51(37-48-30-24-23-25-31-48)79-67(96)55(40(8)9)81-70(99)60(45(17)21-2)86-73(62)102)85-64(93)50(32-27-35-76)78-66(95)52-33-28-36-89(52)74(103)57(42(12)13)83-69(98)56(41(10)11)82-72(101)61(46(18)90)87-68(97)54(39(6)7)80-53(91)34-26-29-38(4)5/h22-25,30-31,38-47,50-52,54-62,90H,20-21,26-29,32-37,76H2,1-19H3,(H,77,94)(H,78,95)(H,79,96)(H,80,91)(H,81,99)(H,82,101)(H,83,98)(H,84,92)(H,85,93)(H,86,102)(H,87,97)(H,88,100)/b49-22-/t44-,45-,46+,47+,50-,51-,52+,54-,55+,56-,57+,58-,59+,60+,61-,62+/m0/s1. The number of carbonyl (C=O) groups excluding carboxylic acids is 14. The number of cyclic esters (lactones) is 1. The third-order valence-corrected chi connectivity index (χ3v) is 19.3. The molecule has 2 aliphatic heterocycles. The first-order chi connectivity index (χ1) is 49.2. The first kappa shape index (κ1) is 90.7. The molecule has 0 saturated carbocycles. The molecule has 0 unspecified atom stereocenters. The van der Waals surface area contributed by atoms with Crippen LogP contribution in [0.2, 0.25) is 0 Å². The molecular weight excluding hydrogens is 1350 g/mol. The quantitative estimate of drug-likeness (QED) is 0.0353. The molecule has 2 aliphatic rings. The minimum atomic E-state index is -1.83. The zero-order chi connectivity index (χ0) is 79.4. The van der Waals surface area contributed by atoms with E-state index < -0.39 is 203 Å². The highest BCUT2D eigenvalue weighted by Crippen LogP contribution is 2.23. The van der Waals surface area contributed by atoms with Crippen LogP contribution in [0.4, 0.5) is 0 Å². The van der Waals surface area contributed by atoms with E-state index in [4.69, 9.17) is 10.5 Å². The third kappa shape index (κ3) is 27.7. The van der Waals surface area contributed by atoms with E-state index in [-0.39, 0.29) is 63.2 Å². The maximum absolute atomic E-state index is 15.0. The summed E-state index contributed by atoms with van der Waals surface area (Å²) in [5.74, 6) is -15.1. The van der Waals surface area contributed by atoms with E-state index in [1.54, 1.807) is 127 Å². The Hall–Kier alpha value is -8.54. The average Bonchev–Trinajstić information content (AvgIpc) is 1.79. The Balaban J connectivity index is 2.00. The number of nitrogens with one attached hydrogen (secondary N) is 12. The molecule has 0 aliphatic carbocycles. The van der Waals surface area contributed by atoms with E-state index in [9.17, 15) is 62.6 Å². The highest BCUT2D eigenvalue weighted by Gasteiger charge is 2.44. The van der Waals surface area contributed by atoms with Gasteiger partial charge in [0.25, 0.3) is 5.91 Å². The summed E-state index contributed by atoms with van der Waals surface area (Å²) in [6.07, 6.45) is 1.02. The predicted octanol–water partition coefficient (Wildman–Crippen LogP) is 1.84. The van der Waals surface area contributed by atoms with Crippen molar-refractivity contribution in [2.75, 3.05) is 13.1 Å². The van der Waals surface area contributed by atoms with Gasteiger partial charge in [-0.15, -0.1) is 0 Å². The van der Waals surface area contributed by atoms with Crippen LogP contribution >= 0.6 is 0 Å². The minimum absolute atomic E-state index is 0.0355. The molecule has 1 aromatic carbocycles. The molecule has 105 heavy (non-hydrogen) atoms. The summed E-state index contributed by atoms with van der Waals surface area (Å²) in [4.78, 5) is 202. The second-order valence-corrected chi connectivity index (χ2v) is 30.2. The van der Waals surface area contributed by atoms with Gasteiger partial charge < -0.3 is 84.3 Å². The summed E-state index contributed by atoms with van der Waals surface area (Å²) >= 11 is 0. The molecule has 0 bridgehead atoms. The number of nitrogens with zero attached hydrogens (tertiary/aromatic N) is 1. The lowest BCUT2D eigenvalue weighted by Gasteiger charge is -2.33. The molecule has 30 nitrogen and oxygen atoms in total. The highest BCUT2D eigenvalue weighted by molar-refractivity contribution is 6.03. The number of benzene rings is 1. The van der Waals surface area contributed by atoms with Crippen molar-refractivity contribution >= 4 is 82.8 Å². The largest absolute Gasteiger partial charge is 0.458 e. The van der Waals surface area contributed by atoms with Crippen molar-refractivity contribution in [3.8, 4) is 0 Å². The van der Waals surface area contributed by atoms with Gasteiger partial charge in [-0.25, -0.2) is 4.79 Å². The van der Waals surface area contributed by atoms with Gasteiger partial charge in [-0.3, -0.25) is 62.3 Å². The molecule has 3 rings (SSSR count). The van der Waals surface area contributed by atoms with Crippen LogP contribution in [0.1, 0.15) is 195 Å². The van der Waals surface area contributed by atoms with E-state index in [0.717, 1.165) is 6.42 Å². The van der Waals surface area contributed by atoms with E-state index in [1.807, 2.05) is 13.8 Å². The molecule has 1 aromatic rings. The second kappa shape index (κ2) is 43.8. The molecule has 0 aromatic heterocycles. The normalized spacial score (nSPS) is 22.6. The van der Waals surface area contributed by atoms with Crippen molar-refractivity contribution < 1.29 is 77.0 Å². The average molecular weight is 1480 g/mol. The number of amides is 13. The number of nitrogens with two attached hydrogens (primary N) is 1. The highest BCUT2D eigenvalue weighted by atomic mass is 16.5. The number of allylic oxidation sites excluding steroid dienone is 1. The minimum Gasteiger partial charge on any atom is -0.458 e. The number of hydrogen-bond donors (Lipinski definition) is 14. The summed E-state index contributed by atoms with van der Waals surface area (Å²) in [6, 6.07) is -7.67. The maximum Gasteiger partial charge on any atom is 0.329 e. The maximum atomic E-state index is 15.0. The zero-order valence-electron chi connectivity index (χ0n) is 65.2. The molecule has 2 heterocycles. The van der Waals surface area contributed by atoms with Gasteiger partial charge in [-0.2, -0.15) is 0 Å². The Morgan fingerprint density at radius 3 is 1.69 bits per heavy atom. The Bertz CT molecular complexity index is 3160. The molecule has 30 heteroatoms. The Labute approximate surface area is 620 Å². The van der Waals surface area contributed by atoms with Crippen LogP contribution in [-0.4, -0.2) is 191 Å². The smallest absolute Gasteiger partial charge is 0.329 e. The van der Waals surface area contributed by atoms with Gasteiger partial charge in [0.15, 0.2) is 0 Å². The third-order valence-electron chi connectivity index (χ3n) is 19.3. The molecule has 590 valence electrons. The van der Waals surface area contributed by atoms with E-state index >= 15 is 9.59 Å². The van der Waals surface area contributed by atoms with Gasteiger partial charge in [0.1, 0.15) is 84.3 Å². The van der Waals surface area contributed by atoms with Crippen LogP contribution in [0.3, 0.4) is 0 Å². The number of esters is 1. The summed E-state index contributed by atoms with van der Waals surface area (Å²) in [5.41, 5.74) is 6.34. The van der Waals surface area contributed by atoms with Crippen molar-refractivity contribution in [1.82, 2.24) is 68.7 Å². The Kier molecular flexibility index (Phi) is 37.8. The molecule has 2 saturated heterocycles. The lowest BCUT2D eigenvalue weighted by Crippen LogP contribution is -2.64. The van der Waals surface area contributed by atoms with Crippen LogP contribution in [0.5, 0.6) is 0 Å². The fraction of sp³-hybridized carbons (Fsp3) is 0.707. The molecule has 16 atom stereocenters. The van der Waals surface area contributed by atoms with Gasteiger partial charge in [-0.1, -0.05) is 166 Å². The van der Waals surface area contributed by atoms with Gasteiger partial charge in [0.05, 0.1) is 6.10 Å². The summed E-state index contributed by atoms with van der Waals surface area (Å²) < 4.78 is 5.96. The van der Waals surface area contributed by atoms with E-state index in [0.29, 0.717) is 30.7 Å². The first-order valence-electron chi connectivity index (χ1n) is 37.5. The molecule has 2 fully saturated rings. The molecule has 0 spiro atoms. The van der Waals surface area contributed by atoms with Gasteiger partial charge in [0.2, 0.25) is 70.9 Å². The number of aliphatic hydroxyl groups excluding tert-OH is 1. The van der Waals surface area contributed by atoms with Crippen LogP contribution in [0.15, 0.2) is 42.1 Å². The number of aliphatic hydroxyl groups is 1. The number of carbonyl (C=O) groups is 14. The van der Waals surface area contributed by atoms with Crippen molar-refractivity contribution in [2.24, 2.45) is 53.1 Å². The van der Waals surface area contributed by atoms with Gasteiger partial charge >= 0.3 is 5.97 Å². The first-order valence-corrected chi connectivity index (χ1v) is 37.5. The second-order valence-electron chi connectivity index (χ2n) is 30.2. The van der Waals surface area contributed by atoms with Crippen molar-refractivity contribution in [3.63, 3.8) is 0 Å². The monoisotopic (exact) mass is 1480 g/mol. The number of rotatable bonds is 33. The molecule has 15 N–H and O–H groups in total. The van der Waals surface area contributed by atoms with Crippen LogP contribution in [0.25, 0.3) is 0 Å². The van der Waals surface area contributed by atoms with E-state index in [2.05, 4.69) is 63.8 Å². The lowest BCUT2D eigenvalue weighted by molar-refractivity contribution is -0.157. The summed E-state index contributed by atoms with van der Waals surface area (Å²) in [5, 5.41) is 43.2. The Morgan fingerprint density at radius 2 is 1.15 bits per heavy atom. The predicted molar refractivity (Wildman–Crippen MR) is 395 cm³/mol. The number of hydrogen-bond acceptors (Lipinski definition) is 17. The van der Waals surface area contributed by atoms with Crippen molar-refractivity contribution in [2.45, 2.75) is 280 Å². The SMILES string of the molecule is C/C=C1\NC(=O)[C@H](Cc2ccccc2)NC(=O)[C@@H](C(C)C)NC(=O)[C@@H]([C@@H](C)CC)NC(=O)[C@H](NC(=O)[C@H](NC(=O)[C@H](CCCN)NC(=O)[C@H]2CCCN2C(=O)[C@H](NC(=O)[C@@H](NC(=O)[C@@H](NC(=O)[C@@H](NC(=O)CCCC(C)C)C(C)C)[C@@H](C)O)C(C)C)C(C)C)[C@@H](C)CC)[C@@H](C)OC(=O)[C@H](C(C)C)NC1=O. The van der Waals surface area contributed by atoms with Crippen LogP contribution in [-0.2, 0) is 78.3 Å². The van der Waals surface area contributed by atoms with Crippen LogP contribution in [0, 0.1) is 47.3 Å². The number of ether oxygens (including phenoxy) is 1. The molecule has 13 amide bonds. The zero-order valence-corrected chi connectivity index (χ0v) is 65.2.